The maximum atomic E-state index is 11.3. The molecule has 6 heteroatoms. The fraction of sp³-hybridized carbons (Fsp3) is 0.733. The second-order valence-electron chi connectivity index (χ2n) is 6.24. The van der Waals surface area contributed by atoms with Crippen LogP contribution in [-0.2, 0) is 11.2 Å². The number of likely N-dealkylation sites (tertiary alicyclic amines) is 1. The molecule has 2 heterocycles. The van der Waals surface area contributed by atoms with Gasteiger partial charge in [-0.15, -0.1) is 11.3 Å². The van der Waals surface area contributed by atoms with E-state index in [1.807, 2.05) is 0 Å². The highest BCUT2D eigenvalue weighted by molar-refractivity contribution is 7.15. The Hall–Kier alpha value is -1.14. The number of thiazole rings is 1. The maximum Gasteiger partial charge on any atom is 0.312 e. The third kappa shape index (κ3) is 3.37. The first-order chi connectivity index (χ1) is 10.1. The molecule has 0 bridgehead atoms. The zero-order valence-electron chi connectivity index (χ0n) is 12.5. The van der Waals surface area contributed by atoms with Gasteiger partial charge in [0.2, 0.25) is 0 Å². The Morgan fingerprint density at radius 1 is 1.43 bits per heavy atom. The molecule has 1 atom stereocenters. The minimum Gasteiger partial charge on any atom is -0.481 e. The number of nitrogens with zero attached hydrogens (tertiary/aromatic N) is 2. The highest BCUT2D eigenvalue weighted by Gasteiger charge is 2.30. The molecule has 21 heavy (non-hydrogen) atoms. The Bertz CT molecular complexity index is 509. The number of hydrogen-bond donors (Lipinski definition) is 2. The summed E-state index contributed by atoms with van der Waals surface area (Å²) in [6.07, 6.45) is 5.12. The second kappa shape index (κ2) is 6.32. The molecule has 0 amide bonds. The molecule has 0 aromatic carbocycles. The van der Waals surface area contributed by atoms with Crippen molar-refractivity contribution in [1.82, 2.24) is 9.88 Å². The third-order valence-corrected chi connectivity index (χ3v) is 5.72. The Labute approximate surface area is 129 Å². The number of aliphatic carboxylic acids is 1. The lowest BCUT2D eigenvalue weighted by molar-refractivity contribution is -0.139. The van der Waals surface area contributed by atoms with Gasteiger partial charge < -0.3 is 15.3 Å². The van der Waals surface area contributed by atoms with E-state index >= 15 is 0 Å². The van der Waals surface area contributed by atoms with E-state index in [-0.39, 0.29) is 0 Å². The molecule has 1 unspecified atom stereocenters. The van der Waals surface area contributed by atoms with E-state index in [0.717, 1.165) is 36.6 Å². The molecule has 1 aliphatic heterocycles. The first-order valence-corrected chi connectivity index (χ1v) is 8.60. The van der Waals surface area contributed by atoms with Crippen molar-refractivity contribution in [2.45, 2.75) is 38.0 Å². The molecule has 1 fully saturated rings. The molecular formula is C15H23N3O2S. The van der Waals surface area contributed by atoms with E-state index in [9.17, 15) is 9.90 Å². The quantitative estimate of drug-likeness (QED) is 0.894. The van der Waals surface area contributed by atoms with Crippen molar-refractivity contribution in [3.8, 4) is 0 Å². The van der Waals surface area contributed by atoms with Crippen LogP contribution < -0.4 is 5.32 Å². The van der Waals surface area contributed by atoms with Crippen LogP contribution in [-0.4, -0.2) is 47.6 Å². The van der Waals surface area contributed by atoms with Gasteiger partial charge in [-0.2, -0.15) is 0 Å². The van der Waals surface area contributed by atoms with E-state index in [2.05, 4.69) is 22.2 Å². The Morgan fingerprint density at radius 3 is 2.90 bits per heavy atom. The topological polar surface area (TPSA) is 65.5 Å². The van der Waals surface area contributed by atoms with Gasteiger partial charge in [-0.3, -0.25) is 4.79 Å². The van der Waals surface area contributed by atoms with Gasteiger partial charge in [0.1, 0.15) is 5.92 Å². The lowest BCUT2D eigenvalue weighted by atomic mass is 9.91. The van der Waals surface area contributed by atoms with Gasteiger partial charge in [0.25, 0.3) is 0 Å². The summed E-state index contributed by atoms with van der Waals surface area (Å²) in [6.45, 7) is 3.29. The predicted molar refractivity (Wildman–Crippen MR) is 84.1 cm³/mol. The molecule has 2 aliphatic rings. The monoisotopic (exact) mass is 309 g/mol. The molecule has 0 radical (unpaired) electrons. The average molecular weight is 309 g/mol. The lowest BCUT2D eigenvalue weighted by Crippen LogP contribution is -2.32. The van der Waals surface area contributed by atoms with Crippen LogP contribution in [0.4, 0.5) is 5.13 Å². The number of aromatic nitrogens is 1. The number of anilines is 1. The molecule has 1 aliphatic carbocycles. The summed E-state index contributed by atoms with van der Waals surface area (Å²) in [5.41, 5.74) is 0.810. The van der Waals surface area contributed by atoms with E-state index in [1.165, 1.54) is 30.8 Å². The average Bonchev–Trinajstić information content (AvgIpc) is 2.89. The largest absolute Gasteiger partial charge is 0.481 e. The summed E-state index contributed by atoms with van der Waals surface area (Å²) in [7, 11) is 2.17. The van der Waals surface area contributed by atoms with Crippen LogP contribution >= 0.6 is 11.3 Å². The zero-order chi connectivity index (χ0) is 14.8. The fourth-order valence-corrected chi connectivity index (χ4v) is 4.30. The van der Waals surface area contributed by atoms with Gasteiger partial charge in [0.05, 0.1) is 5.69 Å². The number of carboxylic acid groups (broad SMARTS) is 1. The zero-order valence-corrected chi connectivity index (χ0v) is 13.3. The number of carbonyl (C=O) groups is 1. The van der Waals surface area contributed by atoms with Gasteiger partial charge in [-0.25, -0.2) is 4.98 Å². The summed E-state index contributed by atoms with van der Waals surface area (Å²) >= 11 is 1.65. The first kappa shape index (κ1) is 14.8. The molecule has 1 aromatic rings. The molecule has 0 spiro atoms. The van der Waals surface area contributed by atoms with Gasteiger partial charge in [-0.05, 0) is 58.2 Å². The standard InChI is InChI=1S/C15H23N3O2S/c1-18-7-5-10(6-8-18)9-16-15-17-13-11(14(19)20)3-2-4-12(13)21-15/h10-11H,2-9H2,1H3,(H,16,17)(H,19,20). The number of aryl methyl sites for hydroxylation is 1. The van der Waals surface area contributed by atoms with Crippen molar-refractivity contribution in [1.29, 1.82) is 0 Å². The second-order valence-corrected chi connectivity index (χ2v) is 7.32. The van der Waals surface area contributed by atoms with Gasteiger partial charge in [0, 0.05) is 11.4 Å². The number of nitrogens with one attached hydrogen (secondary N) is 1. The molecule has 1 aromatic heterocycles. The van der Waals surface area contributed by atoms with Crippen LogP contribution in [0.15, 0.2) is 0 Å². The minimum absolute atomic E-state index is 0.399. The predicted octanol–water partition coefficient (Wildman–Crippen LogP) is 2.40. The lowest BCUT2D eigenvalue weighted by Gasteiger charge is -2.28. The third-order valence-electron chi connectivity index (χ3n) is 4.63. The molecule has 5 nitrogen and oxygen atoms in total. The van der Waals surface area contributed by atoms with Gasteiger partial charge >= 0.3 is 5.97 Å². The highest BCUT2D eigenvalue weighted by Crippen LogP contribution is 2.36. The minimum atomic E-state index is -0.733. The Morgan fingerprint density at radius 2 is 2.19 bits per heavy atom. The number of fused-ring (bicyclic) bond motifs is 1. The molecule has 1 saturated heterocycles. The molecule has 0 saturated carbocycles. The van der Waals surface area contributed by atoms with Gasteiger partial charge in [0.15, 0.2) is 5.13 Å². The SMILES string of the molecule is CN1CCC(CNc2nc3c(s2)CCCC3C(=O)O)CC1. The number of hydrogen-bond acceptors (Lipinski definition) is 5. The van der Waals surface area contributed by atoms with Crippen LogP contribution in [0.1, 0.15) is 42.2 Å². The van der Waals surface area contributed by atoms with Crippen LogP contribution in [0, 0.1) is 5.92 Å². The van der Waals surface area contributed by atoms with E-state index in [0.29, 0.717) is 5.92 Å². The van der Waals surface area contributed by atoms with E-state index < -0.39 is 11.9 Å². The smallest absolute Gasteiger partial charge is 0.312 e. The number of piperidine rings is 1. The fourth-order valence-electron chi connectivity index (χ4n) is 3.23. The molecule has 3 rings (SSSR count). The summed E-state index contributed by atoms with van der Waals surface area (Å²) in [5, 5.41) is 13.6. The van der Waals surface area contributed by atoms with Crippen LogP contribution in [0.25, 0.3) is 0 Å². The number of rotatable bonds is 4. The van der Waals surface area contributed by atoms with Crippen LogP contribution in [0.5, 0.6) is 0 Å². The Balaban J connectivity index is 1.61. The molecular weight excluding hydrogens is 286 g/mol. The highest BCUT2D eigenvalue weighted by atomic mass is 32.1. The summed E-state index contributed by atoms with van der Waals surface area (Å²) in [4.78, 5) is 19.4. The van der Waals surface area contributed by atoms with Crippen LogP contribution in [0.3, 0.4) is 0 Å². The van der Waals surface area contributed by atoms with Crippen molar-refractivity contribution in [2.75, 3.05) is 32.0 Å². The first-order valence-electron chi connectivity index (χ1n) is 7.78. The Kier molecular flexibility index (Phi) is 4.45. The summed E-state index contributed by atoms with van der Waals surface area (Å²) < 4.78 is 0. The summed E-state index contributed by atoms with van der Waals surface area (Å²) in [5.74, 6) is -0.426. The maximum absolute atomic E-state index is 11.3. The van der Waals surface area contributed by atoms with Crippen molar-refractivity contribution in [3.05, 3.63) is 10.6 Å². The van der Waals surface area contributed by atoms with Crippen LogP contribution in [0.2, 0.25) is 0 Å². The van der Waals surface area contributed by atoms with Gasteiger partial charge in [-0.1, -0.05) is 0 Å². The van der Waals surface area contributed by atoms with Crippen molar-refractivity contribution >= 4 is 22.4 Å². The number of carboxylic acids is 1. The van der Waals surface area contributed by atoms with Crippen molar-refractivity contribution < 1.29 is 9.90 Å². The van der Waals surface area contributed by atoms with E-state index in [1.54, 1.807) is 11.3 Å². The van der Waals surface area contributed by atoms with E-state index in [4.69, 9.17) is 0 Å². The van der Waals surface area contributed by atoms with Crippen molar-refractivity contribution in [2.24, 2.45) is 5.92 Å². The summed E-state index contributed by atoms with van der Waals surface area (Å²) in [6, 6.07) is 0. The van der Waals surface area contributed by atoms with Crippen molar-refractivity contribution in [3.63, 3.8) is 0 Å². The normalized spacial score (nSPS) is 23.8. The molecule has 2 N–H and O–H groups in total. The molecule has 116 valence electrons.